The van der Waals surface area contributed by atoms with Crippen LogP contribution in [-0.4, -0.2) is 26.7 Å². The fourth-order valence-electron chi connectivity index (χ4n) is 1.88. The molecule has 0 amide bonds. The van der Waals surface area contributed by atoms with Crippen LogP contribution in [0.1, 0.15) is 11.7 Å². The minimum Gasteiger partial charge on any atom is -0.369 e. The van der Waals surface area contributed by atoms with E-state index in [0.29, 0.717) is 24.7 Å². The molecule has 6 heteroatoms. The van der Waals surface area contributed by atoms with Gasteiger partial charge in [-0.25, -0.2) is 9.97 Å². The number of rotatable bonds is 4. The summed E-state index contributed by atoms with van der Waals surface area (Å²) in [5.41, 5.74) is 0.925. The summed E-state index contributed by atoms with van der Waals surface area (Å²) in [6.45, 7) is 2.49. The van der Waals surface area contributed by atoms with Crippen LogP contribution in [0, 0.1) is 6.92 Å². The second-order valence-corrected chi connectivity index (χ2v) is 4.15. The zero-order valence-corrected chi connectivity index (χ0v) is 10.5. The third kappa shape index (κ3) is 2.52. The largest absolute Gasteiger partial charge is 0.369 e. The van der Waals surface area contributed by atoms with E-state index >= 15 is 0 Å². The summed E-state index contributed by atoms with van der Waals surface area (Å²) >= 11 is 0. The summed E-state index contributed by atoms with van der Waals surface area (Å²) in [4.78, 5) is 12.6. The highest BCUT2D eigenvalue weighted by molar-refractivity contribution is 5.88. The van der Waals surface area contributed by atoms with Gasteiger partial charge in [0.2, 0.25) is 5.89 Å². The Labute approximate surface area is 109 Å². The Morgan fingerprint density at radius 3 is 2.95 bits per heavy atom. The van der Waals surface area contributed by atoms with E-state index in [1.54, 1.807) is 13.3 Å². The van der Waals surface area contributed by atoms with E-state index in [-0.39, 0.29) is 0 Å². The van der Waals surface area contributed by atoms with E-state index in [1.165, 1.54) is 0 Å². The number of hydrogen-bond acceptors (Lipinski definition) is 6. The molecule has 6 nitrogen and oxygen atoms in total. The summed E-state index contributed by atoms with van der Waals surface area (Å²) < 4.78 is 5.06. The minimum absolute atomic E-state index is 0.628. The number of fused-ring (bicyclic) bond motifs is 1. The molecule has 1 N–H and O–H groups in total. The second kappa shape index (κ2) is 5.01. The third-order valence-corrected chi connectivity index (χ3v) is 2.74. The quantitative estimate of drug-likeness (QED) is 0.768. The van der Waals surface area contributed by atoms with Gasteiger partial charge in [-0.2, -0.15) is 4.98 Å². The first-order valence-electron chi connectivity index (χ1n) is 6.06. The predicted molar refractivity (Wildman–Crippen MR) is 70.8 cm³/mol. The molecule has 96 valence electrons. The van der Waals surface area contributed by atoms with Gasteiger partial charge in [-0.15, -0.1) is 0 Å². The summed E-state index contributed by atoms with van der Waals surface area (Å²) in [5, 5.41) is 8.03. The van der Waals surface area contributed by atoms with Crippen molar-refractivity contribution in [2.45, 2.75) is 13.3 Å². The molecule has 0 bridgehead atoms. The van der Waals surface area contributed by atoms with Crippen molar-refractivity contribution in [3.05, 3.63) is 42.3 Å². The molecular formula is C13H13N5O. The first-order valence-corrected chi connectivity index (χ1v) is 6.06. The Morgan fingerprint density at radius 1 is 1.21 bits per heavy atom. The molecule has 3 rings (SSSR count). The standard InChI is InChI=1S/C13H13N5O/c1-9-17-12(19-18-9)6-7-14-13-10-4-2-3-5-11(10)15-8-16-13/h2-5,8H,6-7H2,1H3,(H,14,15,16). The molecule has 0 aliphatic carbocycles. The van der Waals surface area contributed by atoms with Gasteiger partial charge in [0, 0.05) is 18.4 Å². The lowest BCUT2D eigenvalue weighted by atomic mass is 10.2. The molecule has 0 fully saturated rings. The zero-order valence-electron chi connectivity index (χ0n) is 10.5. The van der Waals surface area contributed by atoms with Crippen LogP contribution in [0.5, 0.6) is 0 Å². The van der Waals surface area contributed by atoms with Crippen molar-refractivity contribution >= 4 is 16.7 Å². The average Bonchev–Trinajstić information content (AvgIpc) is 2.85. The highest BCUT2D eigenvalue weighted by Gasteiger charge is 2.04. The minimum atomic E-state index is 0.628. The molecule has 0 aliphatic rings. The molecular weight excluding hydrogens is 242 g/mol. The molecule has 0 aliphatic heterocycles. The molecule has 0 saturated carbocycles. The van der Waals surface area contributed by atoms with Crippen LogP contribution in [0.2, 0.25) is 0 Å². The van der Waals surface area contributed by atoms with Crippen LogP contribution >= 0.6 is 0 Å². The van der Waals surface area contributed by atoms with Crippen molar-refractivity contribution in [3.8, 4) is 0 Å². The predicted octanol–water partition coefficient (Wildman–Crippen LogP) is 1.98. The van der Waals surface area contributed by atoms with Gasteiger partial charge >= 0.3 is 0 Å². The van der Waals surface area contributed by atoms with Crippen LogP contribution in [0.15, 0.2) is 35.1 Å². The van der Waals surface area contributed by atoms with E-state index in [9.17, 15) is 0 Å². The zero-order chi connectivity index (χ0) is 13.1. The number of hydrogen-bond donors (Lipinski definition) is 1. The smallest absolute Gasteiger partial charge is 0.228 e. The first kappa shape index (κ1) is 11.6. The van der Waals surface area contributed by atoms with Crippen LogP contribution in [-0.2, 0) is 6.42 Å². The Morgan fingerprint density at radius 2 is 2.11 bits per heavy atom. The molecule has 0 saturated heterocycles. The van der Waals surface area contributed by atoms with Gasteiger partial charge < -0.3 is 9.84 Å². The maximum atomic E-state index is 5.06. The number of nitrogens with one attached hydrogen (secondary N) is 1. The normalized spacial score (nSPS) is 10.8. The maximum Gasteiger partial charge on any atom is 0.228 e. The van der Waals surface area contributed by atoms with E-state index in [2.05, 4.69) is 25.4 Å². The number of aromatic nitrogens is 4. The average molecular weight is 255 g/mol. The van der Waals surface area contributed by atoms with Gasteiger partial charge in [-0.3, -0.25) is 0 Å². The first-order chi connectivity index (χ1) is 9.33. The van der Waals surface area contributed by atoms with Crippen LogP contribution in [0.3, 0.4) is 0 Å². The molecule has 0 radical (unpaired) electrons. The Kier molecular flexibility index (Phi) is 3.06. The van der Waals surface area contributed by atoms with E-state index in [4.69, 9.17) is 4.52 Å². The Bertz CT molecular complexity index is 689. The number of para-hydroxylation sites is 1. The molecule has 2 heterocycles. The molecule has 0 unspecified atom stereocenters. The number of anilines is 1. The molecule has 1 aromatic carbocycles. The van der Waals surface area contributed by atoms with E-state index in [1.807, 2.05) is 24.3 Å². The van der Waals surface area contributed by atoms with Crippen molar-refractivity contribution in [1.29, 1.82) is 0 Å². The lowest BCUT2D eigenvalue weighted by molar-refractivity contribution is 0.377. The lowest BCUT2D eigenvalue weighted by Gasteiger charge is -2.06. The summed E-state index contributed by atoms with van der Waals surface area (Å²) in [7, 11) is 0. The van der Waals surface area contributed by atoms with Crippen LogP contribution in [0.25, 0.3) is 10.9 Å². The highest BCUT2D eigenvalue weighted by Crippen LogP contribution is 2.18. The summed E-state index contributed by atoms with van der Waals surface area (Å²) in [5.74, 6) is 2.10. The number of aryl methyl sites for hydroxylation is 1. The monoisotopic (exact) mass is 255 g/mol. The number of benzene rings is 1. The fourth-order valence-corrected chi connectivity index (χ4v) is 1.88. The summed E-state index contributed by atoms with van der Waals surface area (Å²) in [6.07, 6.45) is 2.22. The molecule has 3 aromatic rings. The Balaban J connectivity index is 1.71. The Hall–Kier alpha value is -2.50. The van der Waals surface area contributed by atoms with Crippen molar-refractivity contribution < 1.29 is 4.52 Å². The SMILES string of the molecule is Cc1noc(CCNc2ncnc3ccccc23)n1. The van der Waals surface area contributed by atoms with Gasteiger partial charge in [-0.05, 0) is 19.1 Å². The third-order valence-electron chi connectivity index (χ3n) is 2.74. The molecule has 0 atom stereocenters. The maximum absolute atomic E-state index is 5.06. The lowest BCUT2D eigenvalue weighted by Crippen LogP contribution is -2.07. The van der Waals surface area contributed by atoms with Crippen molar-refractivity contribution in [3.63, 3.8) is 0 Å². The molecule has 0 spiro atoms. The van der Waals surface area contributed by atoms with Crippen molar-refractivity contribution in [2.75, 3.05) is 11.9 Å². The van der Waals surface area contributed by atoms with Gasteiger partial charge in [0.05, 0.1) is 5.52 Å². The molecule has 19 heavy (non-hydrogen) atoms. The van der Waals surface area contributed by atoms with Gasteiger partial charge in [0.15, 0.2) is 5.82 Å². The van der Waals surface area contributed by atoms with Gasteiger partial charge in [-0.1, -0.05) is 17.3 Å². The van der Waals surface area contributed by atoms with Gasteiger partial charge in [0.1, 0.15) is 12.1 Å². The van der Waals surface area contributed by atoms with Crippen LogP contribution in [0.4, 0.5) is 5.82 Å². The summed E-state index contributed by atoms with van der Waals surface area (Å²) in [6, 6.07) is 7.89. The van der Waals surface area contributed by atoms with Gasteiger partial charge in [0.25, 0.3) is 0 Å². The van der Waals surface area contributed by atoms with Crippen molar-refractivity contribution in [2.24, 2.45) is 0 Å². The molecule has 2 aromatic heterocycles. The van der Waals surface area contributed by atoms with Crippen molar-refractivity contribution in [1.82, 2.24) is 20.1 Å². The fraction of sp³-hybridized carbons (Fsp3) is 0.231. The number of nitrogens with zero attached hydrogens (tertiary/aromatic N) is 4. The topological polar surface area (TPSA) is 76.7 Å². The highest BCUT2D eigenvalue weighted by atomic mass is 16.5. The van der Waals surface area contributed by atoms with E-state index in [0.717, 1.165) is 16.7 Å². The van der Waals surface area contributed by atoms with Crippen LogP contribution < -0.4 is 5.32 Å². The second-order valence-electron chi connectivity index (χ2n) is 4.15. The van der Waals surface area contributed by atoms with E-state index < -0.39 is 0 Å².